The molecule has 4 rings (SSSR count). The highest BCUT2D eigenvalue weighted by molar-refractivity contribution is 7.39. The van der Waals surface area contributed by atoms with Crippen LogP contribution in [0.3, 0.4) is 0 Å². The van der Waals surface area contributed by atoms with E-state index in [1.165, 1.54) is 10.9 Å². The molecule has 4 aromatic rings. The maximum Gasteiger partial charge on any atom is 0.328 e. The summed E-state index contributed by atoms with van der Waals surface area (Å²) < 4.78 is 18.4. The van der Waals surface area contributed by atoms with Crippen LogP contribution in [0.2, 0.25) is 0 Å². The van der Waals surface area contributed by atoms with Gasteiger partial charge in [-0.15, -0.1) is 0 Å². The fourth-order valence-corrected chi connectivity index (χ4v) is 3.47. The first-order valence-corrected chi connectivity index (χ1v) is 10.8. The highest BCUT2D eigenvalue weighted by Crippen LogP contribution is 2.31. The first kappa shape index (κ1) is 22.1. The van der Waals surface area contributed by atoms with Crippen LogP contribution in [0.5, 0.6) is 5.75 Å². The topological polar surface area (TPSA) is 121 Å². The minimum absolute atomic E-state index is 0.329. The molecule has 0 saturated heterocycles. The van der Waals surface area contributed by atoms with Gasteiger partial charge in [0, 0.05) is 25.1 Å². The number of ether oxygens (including phenoxy) is 2. The van der Waals surface area contributed by atoms with Crippen molar-refractivity contribution in [3.8, 4) is 22.6 Å². The number of hydrogen-bond donors (Lipinski definition) is 2. The third-order valence-electron chi connectivity index (χ3n) is 4.73. The summed E-state index contributed by atoms with van der Waals surface area (Å²) in [7, 11) is -0.987. The molecule has 0 bridgehead atoms. The van der Waals surface area contributed by atoms with E-state index in [0.717, 1.165) is 11.3 Å². The quantitative estimate of drug-likeness (QED) is 0.291. The first-order valence-electron chi connectivity index (χ1n) is 9.62. The van der Waals surface area contributed by atoms with Gasteiger partial charge in [0.25, 0.3) is 5.56 Å². The predicted molar refractivity (Wildman–Crippen MR) is 118 cm³/mol. The van der Waals surface area contributed by atoms with Gasteiger partial charge in [-0.05, 0) is 29.8 Å². The number of rotatable bonds is 9. The molecule has 0 aliphatic carbocycles. The molecule has 1 aromatic carbocycles. The normalized spacial score (nSPS) is 11.4. The molecule has 0 radical (unpaired) electrons. The molecule has 0 aliphatic heterocycles. The molecule has 0 saturated carbocycles. The van der Waals surface area contributed by atoms with Crippen LogP contribution in [0.1, 0.15) is 0 Å². The van der Waals surface area contributed by atoms with Crippen molar-refractivity contribution in [3.63, 3.8) is 0 Å². The maximum atomic E-state index is 13.2. The summed E-state index contributed by atoms with van der Waals surface area (Å²) >= 11 is 0. The van der Waals surface area contributed by atoms with Crippen molar-refractivity contribution < 1.29 is 23.8 Å². The van der Waals surface area contributed by atoms with Gasteiger partial charge in [0.2, 0.25) is 0 Å². The summed E-state index contributed by atoms with van der Waals surface area (Å²) in [6.45, 7) is 0.588. The van der Waals surface area contributed by atoms with Gasteiger partial charge in [0.15, 0.2) is 5.65 Å². The van der Waals surface area contributed by atoms with E-state index in [-0.39, 0.29) is 12.3 Å². The number of hydrogen-bond acceptors (Lipinski definition) is 8. The van der Waals surface area contributed by atoms with Crippen LogP contribution in [0.15, 0.2) is 66.1 Å². The number of methoxy groups -OCH3 is 1. The van der Waals surface area contributed by atoms with E-state index in [1.807, 2.05) is 36.5 Å². The molecular weight excluding hydrogens is 435 g/mol. The molecule has 10 nitrogen and oxygen atoms in total. The Labute approximate surface area is 184 Å². The number of nitrogens with zero attached hydrogens (tertiary/aromatic N) is 4. The molecule has 3 heterocycles. The molecule has 0 unspecified atom stereocenters. The van der Waals surface area contributed by atoms with E-state index >= 15 is 0 Å². The Hall–Kier alpha value is -3.14. The average molecular weight is 456 g/mol. The van der Waals surface area contributed by atoms with Crippen molar-refractivity contribution in [2.24, 2.45) is 0 Å². The molecule has 2 N–H and O–H groups in total. The summed E-state index contributed by atoms with van der Waals surface area (Å²) in [5.74, 6) is 0.685. The summed E-state index contributed by atoms with van der Waals surface area (Å²) in [6.07, 6.45) is 6.48. The summed E-state index contributed by atoms with van der Waals surface area (Å²) in [6, 6.07) is 11.0. The Morgan fingerprint density at radius 1 is 1.12 bits per heavy atom. The number of fused-ring (bicyclic) bond motifs is 1. The van der Waals surface area contributed by atoms with Gasteiger partial charge in [0.1, 0.15) is 25.4 Å². The van der Waals surface area contributed by atoms with Gasteiger partial charge < -0.3 is 19.3 Å². The molecule has 32 heavy (non-hydrogen) atoms. The van der Waals surface area contributed by atoms with Crippen LogP contribution >= 0.6 is 8.60 Å². The van der Waals surface area contributed by atoms with Crippen LogP contribution in [0, 0.1) is 0 Å². The lowest BCUT2D eigenvalue weighted by Crippen LogP contribution is -2.21. The summed E-state index contributed by atoms with van der Waals surface area (Å²) in [5.41, 5.74) is 2.28. The monoisotopic (exact) mass is 456 g/mol. The third-order valence-corrected chi connectivity index (χ3v) is 5.08. The van der Waals surface area contributed by atoms with Crippen molar-refractivity contribution in [2.45, 2.75) is 6.73 Å². The van der Waals surface area contributed by atoms with Crippen molar-refractivity contribution >= 4 is 19.6 Å². The molecule has 3 aromatic heterocycles. The lowest BCUT2D eigenvalue weighted by molar-refractivity contribution is 0.146. The lowest BCUT2D eigenvalue weighted by atomic mass is 10.1. The number of pyridine rings is 1. The molecule has 0 spiro atoms. The second kappa shape index (κ2) is 9.99. The number of aromatic nitrogens is 4. The Bertz CT molecular complexity index is 1240. The van der Waals surface area contributed by atoms with Gasteiger partial charge in [-0.2, -0.15) is 0 Å². The van der Waals surface area contributed by atoms with Crippen LogP contribution in [-0.4, -0.2) is 49.2 Å². The zero-order valence-corrected chi connectivity index (χ0v) is 18.1. The number of benzene rings is 1. The SMILES string of the molecule is COCCOc1ccc(-c2cn(-c3cccnc3)c3ncn(COP(O)O)c(=O)c23)cc1. The Balaban J connectivity index is 1.81. The third kappa shape index (κ3) is 4.69. The van der Waals surface area contributed by atoms with Crippen LogP contribution in [0.25, 0.3) is 27.8 Å². The van der Waals surface area contributed by atoms with E-state index in [2.05, 4.69) is 9.97 Å². The Morgan fingerprint density at radius 3 is 2.62 bits per heavy atom. The second-order valence-electron chi connectivity index (χ2n) is 6.72. The van der Waals surface area contributed by atoms with Gasteiger partial charge in [-0.3, -0.25) is 23.4 Å². The molecule has 0 amide bonds. The van der Waals surface area contributed by atoms with E-state index in [9.17, 15) is 4.79 Å². The van der Waals surface area contributed by atoms with Crippen LogP contribution < -0.4 is 10.3 Å². The maximum absolute atomic E-state index is 13.2. The van der Waals surface area contributed by atoms with Gasteiger partial charge >= 0.3 is 8.60 Å². The molecular formula is C21H21N4O6P. The minimum Gasteiger partial charge on any atom is -0.491 e. The molecule has 0 aliphatic rings. The van der Waals surface area contributed by atoms with E-state index in [4.69, 9.17) is 23.8 Å². The van der Waals surface area contributed by atoms with Crippen LogP contribution in [0.4, 0.5) is 0 Å². The van der Waals surface area contributed by atoms with Gasteiger partial charge in [-0.25, -0.2) is 4.98 Å². The minimum atomic E-state index is -2.60. The summed E-state index contributed by atoms with van der Waals surface area (Å²) in [4.78, 5) is 39.9. The molecule has 11 heteroatoms. The smallest absolute Gasteiger partial charge is 0.328 e. The van der Waals surface area contributed by atoms with E-state index in [0.29, 0.717) is 35.6 Å². The molecule has 0 fully saturated rings. The highest BCUT2D eigenvalue weighted by atomic mass is 31.2. The fraction of sp³-hybridized carbons (Fsp3) is 0.190. The molecule has 166 valence electrons. The zero-order chi connectivity index (χ0) is 22.5. The Kier molecular flexibility index (Phi) is 6.89. The van der Waals surface area contributed by atoms with Crippen molar-refractivity contribution in [2.75, 3.05) is 20.3 Å². The second-order valence-corrected chi connectivity index (χ2v) is 7.48. The first-order chi connectivity index (χ1) is 15.6. The largest absolute Gasteiger partial charge is 0.491 e. The summed E-state index contributed by atoms with van der Waals surface area (Å²) in [5, 5.41) is 0.369. The van der Waals surface area contributed by atoms with Crippen molar-refractivity contribution in [1.82, 2.24) is 19.1 Å². The average Bonchev–Trinajstić information content (AvgIpc) is 3.20. The Morgan fingerprint density at radius 2 is 1.94 bits per heavy atom. The van der Waals surface area contributed by atoms with E-state index < -0.39 is 8.60 Å². The zero-order valence-electron chi connectivity index (χ0n) is 17.2. The predicted octanol–water partition coefficient (Wildman–Crippen LogP) is 2.46. The van der Waals surface area contributed by atoms with E-state index in [1.54, 1.807) is 30.1 Å². The van der Waals surface area contributed by atoms with Crippen molar-refractivity contribution in [3.05, 3.63) is 71.7 Å². The lowest BCUT2D eigenvalue weighted by Gasteiger charge is -2.08. The highest BCUT2D eigenvalue weighted by Gasteiger charge is 2.18. The fourth-order valence-electron chi connectivity index (χ4n) is 3.25. The van der Waals surface area contributed by atoms with Gasteiger partial charge in [0.05, 0.1) is 23.9 Å². The van der Waals surface area contributed by atoms with Crippen LogP contribution in [-0.2, 0) is 16.0 Å². The van der Waals surface area contributed by atoms with Gasteiger partial charge in [-0.1, -0.05) is 12.1 Å². The molecule has 0 atom stereocenters. The van der Waals surface area contributed by atoms with Crippen molar-refractivity contribution in [1.29, 1.82) is 0 Å². The standard InChI is InChI=1S/C21H21N4O6P/c1-29-9-10-30-17-6-4-15(5-7-17)18-12-25(16-3-2-8-22-11-16)20-19(18)21(26)24(13-23-20)14-31-32(27)28/h2-8,11-13,27-28H,9-10,14H2,1H3.